The number of nitrogens with two attached hydrogens (primary N) is 1. The highest BCUT2D eigenvalue weighted by Gasteiger charge is 2.21. The van der Waals surface area contributed by atoms with Crippen LogP contribution in [0, 0.1) is 0 Å². The summed E-state index contributed by atoms with van der Waals surface area (Å²) in [5, 5.41) is 26.4. The van der Waals surface area contributed by atoms with E-state index in [0.29, 0.717) is 343 Å². The summed E-state index contributed by atoms with van der Waals surface area (Å²) in [4.78, 5) is 58.8. The molecule has 0 aliphatic rings. The van der Waals surface area contributed by atoms with Crippen molar-refractivity contribution in [2.75, 3.05) is 330 Å². The molecule has 0 spiro atoms. The van der Waals surface area contributed by atoms with Crippen molar-refractivity contribution in [2.45, 2.75) is 160 Å². The maximum atomic E-state index is 12.4. The Morgan fingerprint density at radius 2 is 0.461 bits per heavy atom. The summed E-state index contributed by atoms with van der Waals surface area (Å²) >= 11 is 0. The number of carbonyl (C=O) groups is 5. The van der Waals surface area contributed by atoms with E-state index in [1.165, 1.54) is 64.2 Å². The molecule has 0 fully saturated rings. The second-order valence-electron chi connectivity index (χ2n) is 26.3. The Bertz CT molecular complexity index is 2010. The van der Waals surface area contributed by atoms with Crippen molar-refractivity contribution >= 4 is 29.7 Å². The molecule has 0 heterocycles. The van der Waals surface area contributed by atoms with Gasteiger partial charge in [-0.2, -0.15) is 0 Å². The smallest absolute Gasteiger partial charge is 0.326 e. The minimum atomic E-state index is -1.15. The second kappa shape index (κ2) is 97.5. The van der Waals surface area contributed by atoms with Crippen molar-refractivity contribution < 1.29 is 148 Å². The van der Waals surface area contributed by atoms with E-state index in [0.717, 1.165) is 32.1 Å². The lowest BCUT2D eigenvalue weighted by Crippen LogP contribution is -2.41. The summed E-state index contributed by atoms with van der Waals surface area (Å²) in [7, 11) is 0. The van der Waals surface area contributed by atoms with Crippen LogP contribution >= 0.6 is 0 Å². The third kappa shape index (κ3) is 95.7. The Labute approximate surface area is 687 Å². The molecule has 2 atom stereocenters. The predicted octanol–water partition coefficient (Wildman–Crippen LogP) is 5.20. The molecule has 7 N–H and O–H groups in total. The SMILES string of the molecule is CCCCCCCCCCCCCCCC(=O)N[C@@H](CCC(=O)NCCOCCOCCOCCOCCOCCOCCOCCOCCOCCOCCOCCOCCOCCOCCOCCOCCCCOCCOCCOCCOCCOCCOCCOCCOCCC(=O)NCCCC[C@H](N)C(=O)O)C(=O)O. The van der Waals surface area contributed by atoms with E-state index < -0.39 is 24.0 Å². The Morgan fingerprint density at radius 1 is 0.226 bits per heavy atom. The Kier molecular flexibility index (Phi) is 94.4. The van der Waals surface area contributed by atoms with Gasteiger partial charge in [-0.15, -0.1) is 0 Å². The van der Waals surface area contributed by atoms with Gasteiger partial charge >= 0.3 is 11.9 Å². The normalized spacial score (nSPS) is 12.1. The van der Waals surface area contributed by atoms with Crippen LogP contribution in [0.1, 0.15) is 148 Å². The minimum Gasteiger partial charge on any atom is -0.480 e. The summed E-state index contributed by atoms with van der Waals surface area (Å²) in [6.07, 6.45) is 19.8. The fraction of sp³-hybridized carbons (Fsp3) is 0.938. The Hall–Kier alpha value is -3.65. The van der Waals surface area contributed by atoms with Crippen LogP contribution in [-0.2, 0) is 138 Å². The third-order valence-corrected chi connectivity index (χ3v) is 16.4. The molecular weight excluding hydrogens is 1510 g/mol. The Balaban J connectivity index is 3.22. The molecule has 0 aromatic rings. The van der Waals surface area contributed by atoms with Gasteiger partial charge in [-0.1, -0.05) is 84.0 Å². The summed E-state index contributed by atoms with van der Waals surface area (Å²) in [6.45, 7) is 25.1. The average Bonchev–Trinajstić information content (AvgIpc) is 0.937. The molecule has 0 aromatic carbocycles. The topological polar surface area (TPSA) is 409 Å². The van der Waals surface area contributed by atoms with Gasteiger partial charge in [0.25, 0.3) is 0 Å². The first-order valence-electron chi connectivity index (χ1n) is 42.6. The fourth-order valence-electron chi connectivity index (χ4n) is 10.00. The van der Waals surface area contributed by atoms with E-state index in [1.54, 1.807) is 0 Å². The maximum absolute atomic E-state index is 12.4. The highest BCUT2D eigenvalue weighted by atomic mass is 16.6. The Morgan fingerprint density at radius 3 is 0.730 bits per heavy atom. The van der Waals surface area contributed by atoms with Crippen LogP contribution in [0.25, 0.3) is 0 Å². The van der Waals surface area contributed by atoms with Crippen molar-refractivity contribution in [1.82, 2.24) is 16.0 Å². The van der Waals surface area contributed by atoms with Crippen LogP contribution in [0.2, 0.25) is 0 Å². The lowest BCUT2D eigenvalue weighted by atomic mass is 10.0. The molecule has 0 rings (SSSR count). The van der Waals surface area contributed by atoms with Crippen LogP contribution in [0.4, 0.5) is 0 Å². The number of ether oxygens (including phenoxy) is 24. The second-order valence-corrected chi connectivity index (χ2v) is 26.3. The summed E-state index contributed by atoms with van der Waals surface area (Å²) < 4.78 is 133. The van der Waals surface area contributed by atoms with Gasteiger partial charge in [-0.3, -0.25) is 19.2 Å². The number of amides is 3. The van der Waals surface area contributed by atoms with Crippen molar-refractivity contribution in [3.63, 3.8) is 0 Å². The zero-order valence-corrected chi connectivity index (χ0v) is 70.4. The van der Waals surface area contributed by atoms with Gasteiger partial charge in [0.15, 0.2) is 0 Å². The van der Waals surface area contributed by atoms with Gasteiger partial charge in [0, 0.05) is 45.6 Å². The van der Waals surface area contributed by atoms with E-state index >= 15 is 0 Å². The van der Waals surface area contributed by atoms with Crippen molar-refractivity contribution in [3.05, 3.63) is 0 Å². The van der Waals surface area contributed by atoms with E-state index in [4.69, 9.17) is 125 Å². The van der Waals surface area contributed by atoms with Gasteiger partial charge in [0.1, 0.15) is 12.1 Å². The maximum Gasteiger partial charge on any atom is 0.326 e. The van der Waals surface area contributed by atoms with Crippen LogP contribution < -0.4 is 21.7 Å². The summed E-state index contributed by atoms with van der Waals surface area (Å²) in [6, 6.07) is -1.96. The van der Waals surface area contributed by atoms with Gasteiger partial charge < -0.3 is 146 Å². The third-order valence-electron chi connectivity index (χ3n) is 16.4. The van der Waals surface area contributed by atoms with Gasteiger partial charge in [0.2, 0.25) is 17.7 Å². The molecular formula is C80H156N4O31. The summed E-state index contributed by atoms with van der Waals surface area (Å²) in [5.74, 6) is -2.86. The molecule has 0 saturated heterocycles. The van der Waals surface area contributed by atoms with Crippen molar-refractivity contribution in [2.24, 2.45) is 5.73 Å². The van der Waals surface area contributed by atoms with Crippen LogP contribution in [0.15, 0.2) is 0 Å². The van der Waals surface area contributed by atoms with E-state index in [-0.39, 0.29) is 50.1 Å². The molecule has 682 valence electrons. The van der Waals surface area contributed by atoms with E-state index in [2.05, 4.69) is 22.9 Å². The standard InChI is InChI=1S/C80H156N4O31/c1-2-3-4-5-6-7-8-9-10-11-12-13-14-20-78(87)84-75(80(90)91)21-22-76(85)83-25-29-95-33-37-99-41-45-103-49-53-107-57-59-109-61-63-111-65-67-113-69-71-115-73-72-114-70-68-112-66-64-110-62-60-108-58-55-105-51-47-101-43-39-97-35-31-93-27-18-17-26-92-30-34-96-38-42-100-46-50-104-54-56-106-52-48-102-44-40-98-36-32-94-28-23-77(86)82-24-16-15-19-74(81)79(88)89/h74-75H,2-73,81H2,1H3,(H,82,86)(H,83,85)(H,84,87)(H,88,89)(H,90,91)/t74-,75-/m0/s1. The number of carbonyl (C=O) groups excluding carboxylic acids is 3. The lowest BCUT2D eigenvalue weighted by molar-refractivity contribution is -0.142. The van der Waals surface area contributed by atoms with Crippen molar-refractivity contribution in [1.29, 1.82) is 0 Å². The van der Waals surface area contributed by atoms with Crippen LogP contribution in [0.5, 0.6) is 0 Å². The van der Waals surface area contributed by atoms with Gasteiger partial charge in [-0.05, 0) is 44.9 Å². The molecule has 115 heavy (non-hydrogen) atoms. The molecule has 0 aliphatic heterocycles. The molecule has 0 unspecified atom stereocenters. The number of carboxylic acid groups (broad SMARTS) is 2. The zero-order chi connectivity index (χ0) is 83.0. The molecule has 0 bridgehead atoms. The number of nitrogens with one attached hydrogen (secondary N) is 3. The zero-order valence-electron chi connectivity index (χ0n) is 70.4. The first kappa shape index (κ1) is 111. The summed E-state index contributed by atoms with van der Waals surface area (Å²) in [5.41, 5.74) is 5.46. The molecule has 3 amide bonds. The number of hydrogen-bond acceptors (Lipinski definition) is 30. The van der Waals surface area contributed by atoms with Crippen LogP contribution in [-0.4, -0.2) is 382 Å². The molecule has 0 aliphatic carbocycles. The predicted molar refractivity (Wildman–Crippen MR) is 428 cm³/mol. The number of unbranched alkanes of at least 4 members (excludes halogenated alkanes) is 14. The number of hydrogen-bond donors (Lipinski definition) is 6. The van der Waals surface area contributed by atoms with Gasteiger partial charge in [0.05, 0.1) is 304 Å². The number of carboxylic acids is 2. The average molecular weight is 1670 g/mol. The molecule has 0 aromatic heterocycles. The fourth-order valence-corrected chi connectivity index (χ4v) is 10.00. The molecule has 0 saturated carbocycles. The lowest BCUT2D eigenvalue weighted by Gasteiger charge is -2.14. The number of aliphatic carboxylic acids is 2. The quantitative estimate of drug-likeness (QED) is 0.0426. The first-order valence-corrected chi connectivity index (χ1v) is 42.6. The monoisotopic (exact) mass is 1670 g/mol. The first-order chi connectivity index (χ1) is 56.7. The van der Waals surface area contributed by atoms with Crippen molar-refractivity contribution in [3.8, 4) is 0 Å². The minimum absolute atomic E-state index is 0.0160. The molecule has 35 heteroatoms. The number of rotatable bonds is 102. The van der Waals surface area contributed by atoms with E-state index in [1.807, 2.05) is 0 Å². The largest absolute Gasteiger partial charge is 0.480 e. The highest BCUT2D eigenvalue weighted by Crippen LogP contribution is 2.14. The molecule has 35 nitrogen and oxygen atoms in total. The molecule has 0 radical (unpaired) electrons. The van der Waals surface area contributed by atoms with Crippen LogP contribution in [0.3, 0.4) is 0 Å². The van der Waals surface area contributed by atoms with E-state index in [9.17, 15) is 29.1 Å². The van der Waals surface area contributed by atoms with Gasteiger partial charge in [-0.25, -0.2) is 4.79 Å². The highest BCUT2D eigenvalue weighted by molar-refractivity contribution is 5.84.